The van der Waals surface area contributed by atoms with Gasteiger partial charge in [0.2, 0.25) is 11.8 Å². The molecule has 1 rings (SSSR count). The average Bonchev–Trinajstić information content (AvgIpc) is 2.39. The molecule has 3 atom stereocenters. The van der Waals surface area contributed by atoms with Crippen LogP contribution in [0.25, 0.3) is 0 Å². The van der Waals surface area contributed by atoms with Crippen LogP contribution in [-0.2, 0) is 9.59 Å². The lowest BCUT2D eigenvalue weighted by Crippen LogP contribution is -2.46. The molecule has 0 heterocycles. The van der Waals surface area contributed by atoms with E-state index in [1.807, 2.05) is 6.92 Å². The Hall–Kier alpha value is -0.810. The van der Waals surface area contributed by atoms with Crippen molar-refractivity contribution in [3.8, 4) is 0 Å². The fourth-order valence-corrected chi connectivity index (χ4v) is 2.58. The first-order valence-electron chi connectivity index (χ1n) is 7.25. The Morgan fingerprint density at radius 3 is 2.50 bits per heavy atom. The van der Waals surface area contributed by atoms with Crippen molar-refractivity contribution < 1.29 is 9.59 Å². The SMILES string of the molecule is CCN(C)C(=O)C(C)NC(=O)CC1CCCCC1N.Cl. The largest absolute Gasteiger partial charge is 0.345 e. The van der Waals surface area contributed by atoms with E-state index in [2.05, 4.69) is 5.32 Å². The molecule has 0 aromatic heterocycles. The van der Waals surface area contributed by atoms with Gasteiger partial charge in [0, 0.05) is 26.1 Å². The standard InChI is InChI=1S/C14H27N3O2.ClH/c1-4-17(3)14(19)10(2)16-13(18)9-11-7-5-6-8-12(11)15;/h10-12H,4-9,15H2,1-3H3,(H,16,18);1H. The maximum Gasteiger partial charge on any atom is 0.244 e. The number of nitrogens with zero attached hydrogens (tertiary/aromatic N) is 1. The summed E-state index contributed by atoms with van der Waals surface area (Å²) in [5.74, 6) is 0.149. The Kier molecular flexibility index (Phi) is 8.81. The monoisotopic (exact) mass is 305 g/mol. The highest BCUT2D eigenvalue weighted by atomic mass is 35.5. The van der Waals surface area contributed by atoms with E-state index in [1.165, 1.54) is 0 Å². The van der Waals surface area contributed by atoms with Crippen molar-refractivity contribution in [2.45, 2.75) is 58.0 Å². The maximum atomic E-state index is 11.9. The summed E-state index contributed by atoms with van der Waals surface area (Å²) < 4.78 is 0. The number of nitrogens with one attached hydrogen (secondary N) is 1. The Morgan fingerprint density at radius 2 is 1.95 bits per heavy atom. The van der Waals surface area contributed by atoms with E-state index in [-0.39, 0.29) is 36.2 Å². The summed E-state index contributed by atoms with van der Waals surface area (Å²) in [4.78, 5) is 25.4. The van der Waals surface area contributed by atoms with Gasteiger partial charge in [-0.15, -0.1) is 12.4 Å². The first-order chi connectivity index (χ1) is 8.95. The summed E-state index contributed by atoms with van der Waals surface area (Å²) in [5.41, 5.74) is 6.03. The van der Waals surface area contributed by atoms with Crippen molar-refractivity contribution in [2.75, 3.05) is 13.6 Å². The van der Waals surface area contributed by atoms with Crippen LogP contribution in [-0.4, -0.2) is 42.4 Å². The normalized spacial score (nSPS) is 23.4. The number of rotatable bonds is 5. The van der Waals surface area contributed by atoms with Gasteiger partial charge in [-0.3, -0.25) is 9.59 Å². The smallest absolute Gasteiger partial charge is 0.244 e. The Labute approximate surface area is 128 Å². The van der Waals surface area contributed by atoms with Gasteiger partial charge >= 0.3 is 0 Å². The van der Waals surface area contributed by atoms with Crippen molar-refractivity contribution in [3.63, 3.8) is 0 Å². The molecule has 0 aliphatic heterocycles. The number of carbonyl (C=O) groups is 2. The quantitative estimate of drug-likeness (QED) is 0.804. The van der Waals surface area contributed by atoms with Crippen molar-refractivity contribution >= 4 is 24.2 Å². The van der Waals surface area contributed by atoms with Crippen LogP contribution in [0.2, 0.25) is 0 Å². The molecule has 0 aromatic carbocycles. The van der Waals surface area contributed by atoms with E-state index in [1.54, 1.807) is 18.9 Å². The number of hydrogen-bond donors (Lipinski definition) is 2. The van der Waals surface area contributed by atoms with Gasteiger partial charge in [-0.25, -0.2) is 0 Å². The highest BCUT2D eigenvalue weighted by molar-refractivity contribution is 5.87. The topological polar surface area (TPSA) is 75.4 Å². The van der Waals surface area contributed by atoms with E-state index < -0.39 is 6.04 Å². The van der Waals surface area contributed by atoms with Gasteiger partial charge in [0.05, 0.1) is 0 Å². The zero-order valence-electron chi connectivity index (χ0n) is 12.7. The van der Waals surface area contributed by atoms with Crippen LogP contribution in [0.5, 0.6) is 0 Å². The zero-order chi connectivity index (χ0) is 14.4. The third-order valence-electron chi connectivity index (χ3n) is 4.01. The molecule has 2 amide bonds. The minimum absolute atomic E-state index is 0. The van der Waals surface area contributed by atoms with Gasteiger partial charge in [-0.05, 0) is 32.6 Å². The van der Waals surface area contributed by atoms with Gasteiger partial charge in [-0.1, -0.05) is 12.8 Å². The average molecular weight is 306 g/mol. The van der Waals surface area contributed by atoms with Gasteiger partial charge < -0.3 is 16.0 Å². The molecule has 0 radical (unpaired) electrons. The summed E-state index contributed by atoms with van der Waals surface area (Å²) in [6.07, 6.45) is 4.78. The van der Waals surface area contributed by atoms with Crippen molar-refractivity contribution in [1.82, 2.24) is 10.2 Å². The molecule has 0 spiro atoms. The predicted octanol–water partition coefficient (Wildman–Crippen LogP) is 1.30. The van der Waals surface area contributed by atoms with Crippen LogP contribution < -0.4 is 11.1 Å². The summed E-state index contributed by atoms with van der Waals surface area (Å²) in [6, 6.07) is -0.332. The number of nitrogens with two attached hydrogens (primary N) is 1. The van der Waals surface area contributed by atoms with Crippen LogP contribution in [0.1, 0.15) is 46.0 Å². The van der Waals surface area contributed by atoms with Crippen molar-refractivity contribution in [1.29, 1.82) is 0 Å². The lowest BCUT2D eigenvalue weighted by molar-refractivity contribution is -0.135. The number of hydrogen-bond acceptors (Lipinski definition) is 3. The Morgan fingerprint density at radius 1 is 1.35 bits per heavy atom. The van der Waals surface area contributed by atoms with E-state index in [0.29, 0.717) is 13.0 Å². The first-order valence-corrected chi connectivity index (χ1v) is 7.25. The molecule has 20 heavy (non-hydrogen) atoms. The molecule has 0 saturated heterocycles. The van der Waals surface area contributed by atoms with E-state index in [4.69, 9.17) is 5.73 Å². The first kappa shape index (κ1) is 19.2. The molecule has 6 heteroatoms. The molecule has 118 valence electrons. The molecular weight excluding hydrogens is 278 g/mol. The molecule has 1 fully saturated rings. The van der Waals surface area contributed by atoms with Gasteiger partial charge in [0.1, 0.15) is 6.04 Å². The van der Waals surface area contributed by atoms with E-state index in [9.17, 15) is 9.59 Å². The van der Waals surface area contributed by atoms with Crippen molar-refractivity contribution in [2.24, 2.45) is 11.7 Å². The third kappa shape index (κ3) is 5.67. The third-order valence-corrected chi connectivity index (χ3v) is 4.01. The second-order valence-corrected chi connectivity index (χ2v) is 5.55. The number of likely N-dealkylation sites (N-methyl/N-ethyl adjacent to an activating group) is 1. The van der Waals surface area contributed by atoms with Gasteiger partial charge in [0.25, 0.3) is 0 Å². The van der Waals surface area contributed by atoms with Gasteiger partial charge in [-0.2, -0.15) is 0 Å². The predicted molar refractivity (Wildman–Crippen MR) is 82.7 cm³/mol. The fraction of sp³-hybridized carbons (Fsp3) is 0.857. The molecule has 5 nitrogen and oxygen atoms in total. The summed E-state index contributed by atoms with van der Waals surface area (Å²) in [7, 11) is 1.74. The summed E-state index contributed by atoms with van der Waals surface area (Å²) >= 11 is 0. The number of amides is 2. The second-order valence-electron chi connectivity index (χ2n) is 5.55. The van der Waals surface area contributed by atoms with Crippen LogP contribution in [0, 0.1) is 5.92 Å². The molecule has 1 aliphatic rings. The molecule has 1 saturated carbocycles. The summed E-state index contributed by atoms with van der Waals surface area (Å²) in [6.45, 7) is 4.28. The minimum Gasteiger partial charge on any atom is -0.345 e. The molecular formula is C14H28ClN3O2. The number of carbonyl (C=O) groups excluding carboxylic acids is 2. The van der Waals surface area contributed by atoms with Crippen LogP contribution >= 0.6 is 12.4 Å². The molecule has 1 aliphatic carbocycles. The summed E-state index contributed by atoms with van der Waals surface area (Å²) in [5, 5.41) is 2.78. The molecule has 3 N–H and O–H groups in total. The lowest BCUT2D eigenvalue weighted by Gasteiger charge is -2.28. The molecule has 0 aromatic rings. The Bertz CT molecular complexity index is 326. The highest BCUT2D eigenvalue weighted by Crippen LogP contribution is 2.25. The Balaban J connectivity index is 0.00000361. The molecule has 3 unspecified atom stereocenters. The van der Waals surface area contributed by atoms with Crippen molar-refractivity contribution in [3.05, 3.63) is 0 Å². The fourth-order valence-electron chi connectivity index (χ4n) is 2.58. The van der Waals surface area contributed by atoms with Gasteiger partial charge in [0.15, 0.2) is 0 Å². The van der Waals surface area contributed by atoms with Crippen LogP contribution in [0.15, 0.2) is 0 Å². The molecule has 0 bridgehead atoms. The van der Waals surface area contributed by atoms with Crippen LogP contribution in [0.4, 0.5) is 0 Å². The van der Waals surface area contributed by atoms with Crippen LogP contribution in [0.3, 0.4) is 0 Å². The second kappa shape index (κ2) is 9.19. The zero-order valence-corrected chi connectivity index (χ0v) is 13.5. The lowest BCUT2D eigenvalue weighted by atomic mass is 9.83. The number of halogens is 1. The van der Waals surface area contributed by atoms with E-state index in [0.717, 1.165) is 25.7 Å². The van der Waals surface area contributed by atoms with E-state index >= 15 is 0 Å². The maximum absolute atomic E-state index is 11.9. The minimum atomic E-state index is -0.461. The highest BCUT2D eigenvalue weighted by Gasteiger charge is 2.25.